The summed E-state index contributed by atoms with van der Waals surface area (Å²) in [4.78, 5) is 5.38. The highest BCUT2D eigenvalue weighted by Gasteiger charge is 2.38. The first-order chi connectivity index (χ1) is 10.1. The third-order valence-electron chi connectivity index (χ3n) is 5.02. The average molecular weight is 298 g/mol. The largest absolute Gasteiger partial charge is 0.329 e. The maximum absolute atomic E-state index is 6.27. The quantitative estimate of drug-likeness (QED) is 0.671. The minimum atomic E-state index is 0.276. The Hall–Kier alpha value is -0.120. The molecule has 0 atom stereocenters. The first-order valence-corrected chi connectivity index (χ1v) is 9.25. The van der Waals surface area contributed by atoms with E-state index in [0.717, 1.165) is 12.5 Å². The highest BCUT2D eigenvalue weighted by molar-refractivity contribution is 4.96. The summed E-state index contributed by atoms with van der Waals surface area (Å²) in [7, 11) is 0. The zero-order valence-electron chi connectivity index (χ0n) is 15.0. The van der Waals surface area contributed by atoms with Crippen LogP contribution in [-0.4, -0.2) is 54.6 Å². The van der Waals surface area contributed by atoms with Crippen LogP contribution in [0.3, 0.4) is 0 Å². The molecule has 1 heterocycles. The summed E-state index contributed by atoms with van der Waals surface area (Å²) >= 11 is 0. The summed E-state index contributed by atoms with van der Waals surface area (Å²) in [6.07, 6.45) is 7.68. The Balaban J connectivity index is 2.63. The molecule has 1 aliphatic rings. The minimum Gasteiger partial charge on any atom is -0.329 e. The van der Waals surface area contributed by atoms with Gasteiger partial charge in [-0.25, -0.2) is 0 Å². The van der Waals surface area contributed by atoms with E-state index < -0.39 is 0 Å². The second kappa shape index (κ2) is 9.81. The predicted molar refractivity (Wildman–Crippen MR) is 93.7 cm³/mol. The van der Waals surface area contributed by atoms with Crippen LogP contribution >= 0.6 is 0 Å². The molecule has 0 saturated carbocycles. The van der Waals surface area contributed by atoms with E-state index in [1.165, 1.54) is 71.2 Å². The summed E-state index contributed by atoms with van der Waals surface area (Å²) in [6.45, 7) is 16.2. The standard InChI is InChI=1S/C18H39N3/c1-5-7-11-21(12-8-6-2)18(16-19)9-13-20(14-10-18)15-17(3)4/h17H,5-16,19H2,1-4H3. The van der Waals surface area contributed by atoms with Gasteiger partial charge in [-0.1, -0.05) is 40.5 Å². The molecule has 3 nitrogen and oxygen atoms in total. The van der Waals surface area contributed by atoms with Crippen LogP contribution in [0.25, 0.3) is 0 Å². The van der Waals surface area contributed by atoms with Crippen molar-refractivity contribution in [3.63, 3.8) is 0 Å². The van der Waals surface area contributed by atoms with Gasteiger partial charge in [-0.3, -0.25) is 4.90 Å². The lowest BCUT2D eigenvalue weighted by atomic mass is 9.84. The number of rotatable bonds is 10. The minimum absolute atomic E-state index is 0.276. The van der Waals surface area contributed by atoms with E-state index in [9.17, 15) is 0 Å². The van der Waals surface area contributed by atoms with Gasteiger partial charge in [-0.2, -0.15) is 0 Å². The third kappa shape index (κ3) is 5.88. The van der Waals surface area contributed by atoms with E-state index in [4.69, 9.17) is 5.73 Å². The van der Waals surface area contributed by atoms with Crippen LogP contribution in [0.1, 0.15) is 66.2 Å². The Bertz CT molecular complexity index is 249. The molecule has 0 radical (unpaired) electrons. The molecule has 0 amide bonds. The molecule has 0 bridgehead atoms. The molecule has 1 saturated heterocycles. The lowest BCUT2D eigenvalue weighted by molar-refractivity contribution is 0.0216. The Morgan fingerprint density at radius 1 is 1.05 bits per heavy atom. The van der Waals surface area contributed by atoms with Crippen LogP contribution < -0.4 is 5.73 Å². The van der Waals surface area contributed by atoms with Crippen LogP contribution in [0.5, 0.6) is 0 Å². The zero-order valence-corrected chi connectivity index (χ0v) is 15.0. The molecule has 0 spiro atoms. The van der Waals surface area contributed by atoms with E-state index in [1.54, 1.807) is 0 Å². The van der Waals surface area contributed by atoms with Gasteiger partial charge in [0.1, 0.15) is 0 Å². The highest BCUT2D eigenvalue weighted by Crippen LogP contribution is 2.29. The molecule has 0 aliphatic carbocycles. The highest BCUT2D eigenvalue weighted by atomic mass is 15.2. The molecule has 0 aromatic heterocycles. The summed E-state index contributed by atoms with van der Waals surface area (Å²) in [5.74, 6) is 0.770. The second-order valence-electron chi connectivity index (χ2n) is 7.32. The van der Waals surface area contributed by atoms with Gasteiger partial charge >= 0.3 is 0 Å². The molecular formula is C18H39N3. The van der Waals surface area contributed by atoms with Crippen molar-refractivity contribution in [3.05, 3.63) is 0 Å². The van der Waals surface area contributed by atoms with Gasteiger partial charge in [0.05, 0.1) is 0 Å². The lowest BCUT2D eigenvalue weighted by Crippen LogP contribution is -2.60. The van der Waals surface area contributed by atoms with Gasteiger partial charge in [0.15, 0.2) is 0 Å². The summed E-state index contributed by atoms with van der Waals surface area (Å²) in [5.41, 5.74) is 6.54. The summed E-state index contributed by atoms with van der Waals surface area (Å²) in [6, 6.07) is 0. The van der Waals surface area contributed by atoms with Crippen molar-refractivity contribution in [1.29, 1.82) is 0 Å². The van der Waals surface area contributed by atoms with Crippen molar-refractivity contribution in [1.82, 2.24) is 9.80 Å². The summed E-state index contributed by atoms with van der Waals surface area (Å²) < 4.78 is 0. The average Bonchev–Trinajstić information content (AvgIpc) is 2.48. The molecule has 126 valence electrons. The molecule has 3 heteroatoms. The van der Waals surface area contributed by atoms with Crippen LogP contribution in [0.4, 0.5) is 0 Å². The van der Waals surface area contributed by atoms with Crippen LogP contribution in [0, 0.1) is 5.92 Å². The zero-order chi connectivity index (χ0) is 15.7. The third-order valence-corrected chi connectivity index (χ3v) is 5.02. The van der Waals surface area contributed by atoms with Gasteiger partial charge in [-0.15, -0.1) is 0 Å². The second-order valence-corrected chi connectivity index (χ2v) is 7.32. The Morgan fingerprint density at radius 3 is 1.95 bits per heavy atom. The fourth-order valence-electron chi connectivity index (χ4n) is 3.60. The molecule has 0 unspecified atom stereocenters. The molecule has 1 rings (SSSR count). The van der Waals surface area contributed by atoms with Gasteiger partial charge in [0, 0.05) is 18.6 Å². The number of unbranched alkanes of at least 4 members (excludes halogenated alkanes) is 2. The van der Waals surface area contributed by atoms with Crippen molar-refractivity contribution in [3.8, 4) is 0 Å². The smallest absolute Gasteiger partial charge is 0.0356 e. The first-order valence-electron chi connectivity index (χ1n) is 9.25. The van der Waals surface area contributed by atoms with E-state index in [2.05, 4.69) is 37.5 Å². The SMILES string of the molecule is CCCCN(CCCC)C1(CN)CCN(CC(C)C)CC1. The van der Waals surface area contributed by atoms with Crippen molar-refractivity contribution < 1.29 is 0 Å². The van der Waals surface area contributed by atoms with Crippen molar-refractivity contribution in [2.45, 2.75) is 71.8 Å². The molecular weight excluding hydrogens is 258 g/mol. The van der Waals surface area contributed by atoms with Crippen LogP contribution in [0.15, 0.2) is 0 Å². The fraction of sp³-hybridized carbons (Fsp3) is 1.00. The molecule has 21 heavy (non-hydrogen) atoms. The van der Waals surface area contributed by atoms with E-state index in [-0.39, 0.29) is 5.54 Å². The van der Waals surface area contributed by atoms with E-state index >= 15 is 0 Å². The topological polar surface area (TPSA) is 32.5 Å². The molecule has 0 aromatic carbocycles. The first kappa shape index (κ1) is 18.9. The molecule has 1 fully saturated rings. The van der Waals surface area contributed by atoms with Crippen molar-refractivity contribution >= 4 is 0 Å². The van der Waals surface area contributed by atoms with E-state index in [0.29, 0.717) is 0 Å². The predicted octanol–water partition coefficient (Wildman–Crippen LogP) is 3.34. The fourth-order valence-corrected chi connectivity index (χ4v) is 3.60. The maximum atomic E-state index is 6.27. The molecule has 1 aliphatic heterocycles. The van der Waals surface area contributed by atoms with Crippen molar-refractivity contribution in [2.75, 3.05) is 39.3 Å². The Kier molecular flexibility index (Phi) is 8.84. The van der Waals surface area contributed by atoms with E-state index in [1.807, 2.05) is 0 Å². The van der Waals surface area contributed by atoms with Crippen molar-refractivity contribution in [2.24, 2.45) is 11.7 Å². The Labute approximate surface area is 133 Å². The number of likely N-dealkylation sites (tertiary alicyclic amines) is 1. The van der Waals surface area contributed by atoms with Gasteiger partial charge in [0.2, 0.25) is 0 Å². The monoisotopic (exact) mass is 297 g/mol. The number of piperidine rings is 1. The van der Waals surface area contributed by atoms with Crippen LogP contribution in [0.2, 0.25) is 0 Å². The number of hydrogen-bond acceptors (Lipinski definition) is 3. The molecule has 0 aromatic rings. The Morgan fingerprint density at radius 2 is 1.57 bits per heavy atom. The number of nitrogens with two attached hydrogens (primary N) is 1. The van der Waals surface area contributed by atoms with Crippen LogP contribution in [-0.2, 0) is 0 Å². The summed E-state index contributed by atoms with van der Waals surface area (Å²) in [5, 5.41) is 0. The van der Waals surface area contributed by atoms with Gasteiger partial charge < -0.3 is 10.6 Å². The lowest BCUT2D eigenvalue weighted by Gasteiger charge is -2.49. The number of nitrogens with zero attached hydrogens (tertiary/aromatic N) is 2. The normalized spacial score (nSPS) is 19.6. The maximum Gasteiger partial charge on any atom is 0.0356 e. The van der Waals surface area contributed by atoms with Gasteiger partial charge in [0.25, 0.3) is 0 Å². The molecule has 2 N–H and O–H groups in total. The van der Waals surface area contributed by atoms with Gasteiger partial charge in [-0.05, 0) is 57.8 Å². The number of hydrogen-bond donors (Lipinski definition) is 1.